The molecule has 94 valence electrons. The summed E-state index contributed by atoms with van der Waals surface area (Å²) in [5, 5.41) is 10.4. The van der Waals surface area contributed by atoms with E-state index in [1.807, 2.05) is 31.2 Å². The Morgan fingerprint density at radius 2 is 1.83 bits per heavy atom. The van der Waals surface area contributed by atoms with Gasteiger partial charge < -0.3 is 15.6 Å². The van der Waals surface area contributed by atoms with Crippen LogP contribution >= 0.6 is 0 Å². The SMILES string of the molecule is COc1ccc(C(O)c2ccccc2C)c(N)c1. The summed E-state index contributed by atoms with van der Waals surface area (Å²) in [4.78, 5) is 0. The number of hydrogen-bond acceptors (Lipinski definition) is 3. The number of aryl methyl sites for hydroxylation is 1. The highest BCUT2D eigenvalue weighted by atomic mass is 16.5. The van der Waals surface area contributed by atoms with Crippen molar-refractivity contribution in [3.63, 3.8) is 0 Å². The highest BCUT2D eigenvalue weighted by Crippen LogP contribution is 2.30. The van der Waals surface area contributed by atoms with Crippen molar-refractivity contribution in [3.8, 4) is 5.75 Å². The molecule has 0 aliphatic rings. The smallest absolute Gasteiger partial charge is 0.120 e. The molecule has 0 aliphatic heterocycles. The highest BCUT2D eigenvalue weighted by molar-refractivity contribution is 5.55. The number of benzene rings is 2. The zero-order valence-corrected chi connectivity index (χ0v) is 10.6. The van der Waals surface area contributed by atoms with Gasteiger partial charge in [0.15, 0.2) is 0 Å². The number of anilines is 1. The van der Waals surface area contributed by atoms with Crippen molar-refractivity contribution in [2.45, 2.75) is 13.0 Å². The van der Waals surface area contributed by atoms with Gasteiger partial charge in [0.1, 0.15) is 11.9 Å². The third-order valence-corrected chi connectivity index (χ3v) is 3.07. The number of aliphatic hydroxyl groups is 1. The number of methoxy groups -OCH3 is 1. The summed E-state index contributed by atoms with van der Waals surface area (Å²) in [6, 6.07) is 13.0. The molecule has 0 spiro atoms. The second-order valence-electron chi connectivity index (χ2n) is 4.25. The van der Waals surface area contributed by atoms with Crippen LogP contribution in [0.5, 0.6) is 5.75 Å². The molecule has 0 amide bonds. The van der Waals surface area contributed by atoms with Crippen LogP contribution in [0.1, 0.15) is 22.8 Å². The average molecular weight is 243 g/mol. The second-order valence-corrected chi connectivity index (χ2v) is 4.25. The molecule has 0 fully saturated rings. The minimum absolute atomic E-state index is 0.533. The first kappa shape index (κ1) is 12.5. The summed E-state index contributed by atoms with van der Waals surface area (Å²) in [5.74, 6) is 0.688. The van der Waals surface area contributed by atoms with Crippen LogP contribution in [-0.2, 0) is 0 Å². The molecule has 0 aromatic heterocycles. The molecule has 2 aromatic carbocycles. The maximum absolute atomic E-state index is 10.4. The number of aliphatic hydroxyl groups excluding tert-OH is 1. The molecule has 1 unspecified atom stereocenters. The summed E-state index contributed by atoms with van der Waals surface area (Å²) >= 11 is 0. The van der Waals surface area contributed by atoms with Crippen molar-refractivity contribution in [1.82, 2.24) is 0 Å². The van der Waals surface area contributed by atoms with E-state index >= 15 is 0 Å². The van der Waals surface area contributed by atoms with Gasteiger partial charge in [-0.25, -0.2) is 0 Å². The third-order valence-electron chi connectivity index (χ3n) is 3.07. The van der Waals surface area contributed by atoms with E-state index < -0.39 is 6.10 Å². The summed E-state index contributed by atoms with van der Waals surface area (Å²) in [7, 11) is 1.59. The zero-order chi connectivity index (χ0) is 13.1. The molecule has 0 saturated heterocycles. The van der Waals surface area contributed by atoms with Gasteiger partial charge in [-0.1, -0.05) is 30.3 Å². The Labute approximate surface area is 107 Å². The largest absolute Gasteiger partial charge is 0.497 e. The van der Waals surface area contributed by atoms with Crippen molar-refractivity contribution < 1.29 is 9.84 Å². The minimum Gasteiger partial charge on any atom is -0.497 e. The van der Waals surface area contributed by atoms with Gasteiger partial charge in [0.2, 0.25) is 0 Å². The first-order valence-corrected chi connectivity index (χ1v) is 5.80. The molecule has 3 nitrogen and oxygen atoms in total. The molecule has 0 aliphatic carbocycles. The van der Waals surface area contributed by atoms with Gasteiger partial charge in [-0.15, -0.1) is 0 Å². The first-order chi connectivity index (χ1) is 8.63. The van der Waals surface area contributed by atoms with E-state index in [1.165, 1.54) is 0 Å². The fraction of sp³-hybridized carbons (Fsp3) is 0.200. The quantitative estimate of drug-likeness (QED) is 0.815. The Morgan fingerprint density at radius 3 is 2.44 bits per heavy atom. The molecule has 1 atom stereocenters. The lowest BCUT2D eigenvalue weighted by Crippen LogP contribution is -2.05. The molecule has 2 aromatic rings. The van der Waals surface area contributed by atoms with E-state index in [4.69, 9.17) is 10.5 Å². The number of nitrogens with two attached hydrogens (primary N) is 1. The van der Waals surface area contributed by atoms with Crippen molar-refractivity contribution in [2.24, 2.45) is 0 Å². The molecular formula is C15H17NO2. The number of nitrogen functional groups attached to an aromatic ring is 1. The molecule has 0 heterocycles. The van der Waals surface area contributed by atoms with E-state index in [2.05, 4.69) is 0 Å². The molecule has 2 rings (SSSR count). The molecular weight excluding hydrogens is 226 g/mol. The molecule has 3 N–H and O–H groups in total. The van der Waals surface area contributed by atoms with Crippen LogP contribution in [0.25, 0.3) is 0 Å². The van der Waals surface area contributed by atoms with Gasteiger partial charge in [0.05, 0.1) is 7.11 Å². The second kappa shape index (κ2) is 5.10. The Kier molecular flexibility index (Phi) is 3.53. The Balaban J connectivity index is 2.40. The predicted molar refractivity (Wildman–Crippen MR) is 72.6 cm³/mol. The van der Waals surface area contributed by atoms with Crippen molar-refractivity contribution >= 4 is 5.69 Å². The van der Waals surface area contributed by atoms with Gasteiger partial charge >= 0.3 is 0 Å². The number of rotatable bonds is 3. The standard InChI is InChI=1S/C15H17NO2/c1-10-5-3-4-6-12(10)15(17)13-8-7-11(18-2)9-14(13)16/h3-9,15,17H,16H2,1-2H3. The maximum atomic E-state index is 10.4. The Morgan fingerprint density at radius 1 is 1.11 bits per heavy atom. The lowest BCUT2D eigenvalue weighted by molar-refractivity contribution is 0.220. The van der Waals surface area contributed by atoms with Gasteiger partial charge in [-0.3, -0.25) is 0 Å². The van der Waals surface area contributed by atoms with Gasteiger partial charge in [-0.05, 0) is 24.1 Å². The van der Waals surface area contributed by atoms with Crippen LogP contribution in [0.3, 0.4) is 0 Å². The fourth-order valence-electron chi connectivity index (χ4n) is 1.99. The topological polar surface area (TPSA) is 55.5 Å². The van der Waals surface area contributed by atoms with Crippen LogP contribution in [0.2, 0.25) is 0 Å². The fourth-order valence-corrected chi connectivity index (χ4v) is 1.99. The monoisotopic (exact) mass is 243 g/mol. The first-order valence-electron chi connectivity index (χ1n) is 5.80. The number of hydrogen-bond donors (Lipinski definition) is 2. The summed E-state index contributed by atoms with van der Waals surface area (Å²) in [6.07, 6.45) is -0.711. The van der Waals surface area contributed by atoms with E-state index in [0.29, 0.717) is 17.0 Å². The van der Waals surface area contributed by atoms with Crippen molar-refractivity contribution in [3.05, 3.63) is 59.2 Å². The summed E-state index contributed by atoms with van der Waals surface area (Å²) < 4.78 is 5.10. The van der Waals surface area contributed by atoms with Crippen LogP contribution in [0.15, 0.2) is 42.5 Å². The maximum Gasteiger partial charge on any atom is 0.120 e. The third kappa shape index (κ3) is 2.31. The molecule has 0 radical (unpaired) electrons. The minimum atomic E-state index is -0.711. The van der Waals surface area contributed by atoms with Crippen LogP contribution in [0.4, 0.5) is 5.69 Å². The van der Waals surface area contributed by atoms with E-state index in [0.717, 1.165) is 11.1 Å². The predicted octanol–water partition coefficient (Wildman–Crippen LogP) is 2.67. The Bertz CT molecular complexity index is 552. The van der Waals surface area contributed by atoms with Gasteiger partial charge in [0.25, 0.3) is 0 Å². The molecule has 0 bridgehead atoms. The van der Waals surface area contributed by atoms with Crippen molar-refractivity contribution in [2.75, 3.05) is 12.8 Å². The van der Waals surface area contributed by atoms with Gasteiger partial charge in [0, 0.05) is 17.3 Å². The van der Waals surface area contributed by atoms with Crippen LogP contribution < -0.4 is 10.5 Å². The average Bonchev–Trinajstić information content (AvgIpc) is 2.38. The van der Waals surface area contributed by atoms with Crippen molar-refractivity contribution in [1.29, 1.82) is 0 Å². The van der Waals surface area contributed by atoms with Crippen LogP contribution in [-0.4, -0.2) is 12.2 Å². The highest BCUT2D eigenvalue weighted by Gasteiger charge is 2.15. The zero-order valence-electron chi connectivity index (χ0n) is 10.6. The van der Waals surface area contributed by atoms with E-state index in [9.17, 15) is 5.11 Å². The lowest BCUT2D eigenvalue weighted by atomic mass is 9.96. The number of ether oxygens (including phenoxy) is 1. The normalized spacial score (nSPS) is 12.2. The lowest BCUT2D eigenvalue weighted by Gasteiger charge is -2.16. The van der Waals surface area contributed by atoms with E-state index in [1.54, 1.807) is 25.3 Å². The summed E-state index contributed by atoms with van der Waals surface area (Å²) in [5.41, 5.74) is 9.09. The Hall–Kier alpha value is -2.00. The van der Waals surface area contributed by atoms with E-state index in [-0.39, 0.29) is 0 Å². The van der Waals surface area contributed by atoms with Gasteiger partial charge in [-0.2, -0.15) is 0 Å². The molecule has 18 heavy (non-hydrogen) atoms. The summed E-state index contributed by atoms with van der Waals surface area (Å²) in [6.45, 7) is 1.97. The molecule has 0 saturated carbocycles. The molecule has 3 heteroatoms. The van der Waals surface area contributed by atoms with Crippen LogP contribution in [0, 0.1) is 6.92 Å².